The zero-order valence-electron chi connectivity index (χ0n) is 16.1. The molecule has 27 heavy (non-hydrogen) atoms. The number of aryl methyl sites for hydroxylation is 1. The van der Waals surface area contributed by atoms with Crippen molar-refractivity contribution < 1.29 is 9.13 Å². The minimum atomic E-state index is -0.222. The topological polar surface area (TPSA) is 39.9 Å². The Balaban J connectivity index is 1.74. The summed E-state index contributed by atoms with van der Waals surface area (Å²) in [4.78, 5) is 0. The molecule has 1 heterocycles. The molecule has 4 nitrogen and oxygen atoms in total. The van der Waals surface area contributed by atoms with Crippen LogP contribution in [0.2, 0.25) is 0 Å². The second-order valence-electron chi connectivity index (χ2n) is 6.46. The van der Waals surface area contributed by atoms with Gasteiger partial charge in [0.25, 0.3) is 0 Å². The van der Waals surface area contributed by atoms with E-state index in [9.17, 15) is 4.39 Å². The summed E-state index contributed by atoms with van der Waals surface area (Å²) in [5.74, 6) is 2.17. The predicted octanol–water partition coefficient (Wildman–Crippen LogP) is 5.49. The van der Waals surface area contributed by atoms with Gasteiger partial charge in [-0.25, -0.2) is 4.39 Å². The van der Waals surface area contributed by atoms with Crippen molar-refractivity contribution in [3.05, 3.63) is 70.8 Å². The van der Waals surface area contributed by atoms with E-state index >= 15 is 0 Å². The summed E-state index contributed by atoms with van der Waals surface area (Å²) in [5, 5.41) is 9.55. The van der Waals surface area contributed by atoms with Gasteiger partial charge in [0, 0.05) is 12.3 Å². The van der Waals surface area contributed by atoms with Gasteiger partial charge in [-0.2, -0.15) is 0 Å². The lowest BCUT2D eigenvalue weighted by Crippen LogP contribution is -2.12. The van der Waals surface area contributed by atoms with Gasteiger partial charge in [-0.3, -0.25) is 0 Å². The molecule has 6 heteroatoms. The zero-order valence-corrected chi connectivity index (χ0v) is 16.9. The summed E-state index contributed by atoms with van der Waals surface area (Å²) in [7, 11) is 0. The van der Waals surface area contributed by atoms with E-state index in [2.05, 4.69) is 41.6 Å². The number of halogens is 1. The lowest BCUT2D eigenvalue weighted by molar-refractivity contribution is 0.208. The molecule has 3 aromatic rings. The van der Waals surface area contributed by atoms with E-state index in [1.807, 2.05) is 19.1 Å². The van der Waals surface area contributed by atoms with Crippen molar-refractivity contribution in [2.45, 2.75) is 51.3 Å². The van der Waals surface area contributed by atoms with Gasteiger partial charge in [0.1, 0.15) is 11.6 Å². The van der Waals surface area contributed by atoms with E-state index in [0.717, 1.165) is 34.4 Å². The van der Waals surface area contributed by atoms with Crippen LogP contribution >= 0.6 is 11.8 Å². The molecule has 0 radical (unpaired) electrons. The van der Waals surface area contributed by atoms with E-state index in [-0.39, 0.29) is 11.9 Å². The molecule has 1 aromatic heterocycles. The fourth-order valence-corrected chi connectivity index (χ4v) is 3.79. The highest BCUT2D eigenvalue weighted by molar-refractivity contribution is 7.98. The van der Waals surface area contributed by atoms with Gasteiger partial charge in [-0.15, -0.1) is 10.2 Å². The second-order valence-corrected chi connectivity index (χ2v) is 7.40. The molecule has 142 valence electrons. The first-order chi connectivity index (χ1) is 13.0. The quantitative estimate of drug-likeness (QED) is 0.505. The maximum Gasteiger partial charge on any atom is 0.191 e. The molecule has 0 amide bonds. The number of benzene rings is 2. The number of thioether (sulfide) groups is 1. The lowest BCUT2D eigenvalue weighted by Gasteiger charge is -2.17. The maximum atomic E-state index is 13.0. The third kappa shape index (κ3) is 4.50. The largest absolute Gasteiger partial charge is 0.482 e. The molecule has 1 atom stereocenters. The Kier molecular flexibility index (Phi) is 6.16. The number of hydrogen-bond acceptors (Lipinski definition) is 4. The standard InChI is InChI=1S/C21H24FN3OS/c1-5-25-20(16(4)26-19-8-6-7-14(2)15(19)3)23-24-21(25)27-13-17-9-11-18(22)12-10-17/h6-12,16H,5,13H2,1-4H3. The predicted molar refractivity (Wildman–Crippen MR) is 107 cm³/mol. The summed E-state index contributed by atoms with van der Waals surface area (Å²) in [5.41, 5.74) is 3.39. The van der Waals surface area contributed by atoms with Crippen LogP contribution in [-0.4, -0.2) is 14.8 Å². The van der Waals surface area contributed by atoms with Crippen molar-refractivity contribution in [1.82, 2.24) is 14.8 Å². The Morgan fingerprint density at radius 3 is 2.56 bits per heavy atom. The van der Waals surface area contributed by atoms with Gasteiger partial charge in [-0.1, -0.05) is 36.0 Å². The van der Waals surface area contributed by atoms with E-state index in [1.165, 1.54) is 17.7 Å². The molecular weight excluding hydrogens is 361 g/mol. The average Bonchev–Trinajstić information content (AvgIpc) is 3.08. The fourth-order valence-electron chi connectivity index (χ4n) is 2.83. The number of rotatable bonds is 7. The van der Waals surface area contributed by atoms with Crippen LogP contribution in [0.3, 0.4) is 0 Å². The molecule has 0 bridgehead atoms. The first kappa shape index (κ1) is 19.4. The van der Waals surface area contributed by atoms with Crippen molar-refractivity contribution in [1.29, 1.82) is 0 Å². The van der Waals surface area contributed by atoms with Crippen LogP contribution in [0, 0.1) is 19.7 Å². The number of ether oxygens (including phenoxy) is 1. The normalized spacial score (nSPS) is 12.2. The van der Waals surface area contributed by atoms with Crippen LogP contribution in [0.4, 0.5) is 4.39 Å². The number of hydrogen-bond donors (Lipinski definition) is 0. The number of nitrogens with zero attached hydrogens (tertiary/aromatic N) is 3. The van der Waals surface area contributed by atoms with Crippen LogP contribution in [0.15, 0.2) is 47.6 Å². The van der Waals surface area contributed by atoms with Gasteiger partial charge >= 0.3 is 0 Å². The van der Waals surface area contributed by atoms with Crippen LogP contribution < -0.4 is 4.74 Å². The molecule has 0 saturated heterocycles. The van der Waals surface area contributed by atoms with Gasteiger partial charge in [0.05, 0.1) is 0 Å². The van der Waals surface area contributed by atoms with Crippen LogP contribution in [0.25, 0.3) is 0 Å². The third-order valence-corrected chi connectivity index (χ3v) is 5.60. The molecule has 2 aromatic carbocycles. The maximum absolute atomic E-state index is 13.0. The highest BCUT2D eigenvalue weighted by Gasteiger charge is 2.19. The molecule has 0 aliphatic carbocycles. The Hall–Kier alpha value is -2.34. The first-order valence-corrected chi connectivity index (χ1v) is 10.0. The SMILES string of the molecule is CCn1c(SCc2ccc(F)cc2)nnc1C(C)Oc1cccc(C)c1C. The molecule has 0 spiro atoms. The van der Waals surface area contributed by atoms with Gasteiger partial charge in [0.2, 0.25) is 0 Å². The monoisotopic (exact) mass is 385 g/mol. The van der Waals surface area contributed by atoms with E-state index in [4.69, 9.17) is 4.74 Å². The summed E-state index contributed by atoms with van der Waals surface area (Å²) in [6.07, 6.45) is -0.210. The molecule has 1 unspecified atom stereocenters. The van der Waals surface area contributed by atoms with E-state index in [1.54, 1.807) is 23.9 Å². The molecule has 0 saturated carbocycles. The summed E-state index contributed by atoms with van der Waals surface area (Å²) in [6.45, 7) is 8.96. The first-order valence-electron chi connectivity index (χ1n) is 9.02. The number of aromatic nitrogens is 3. The van der Waals surface area contributed by atoms with Gasteiger partial charge < -0.3 is 9.30 Å². The smallest absolute Gasteiger partial charge is 0.191 e. The van der Waals surface area contributed by atoms with Crippen molar-refractivity contribution >= 4 is 11.8 Å². The molecule has 3 rings (SSSR count). The lowest BCUT2D eigenvalue weighted by atomic mass is 10.1. The highest BCUT2D eigenvalue weighted by atomic mass is 32.2. The van der Waals surface area contributed by atoms with E-state index < -0.39 is 0 Å². The zero-order chi connectivity index (χ0) is 19.4. The van der Waals surface area contributed by atoms with E-state index in [0.29, 0.717) is 5.75 Å². The highest BCUT2D eigenvalue weighted by Crippen LogP contribution is 2.28. The summed E-state index contributed by atoms with van der Waals surface area (Å²) in [6, 6.07) is 12.6. The Bertz CT molecular complexity index is 908. The van der Waals surface area contributed by atoms with Crippen molar-refractivity contribution in [2.75, 3.05) is 0 Å². The van der Waals surface area contributed by atoms with Crippen molar-refractivity contribution in [2.24, 2.45) is 0 Å². The molecule has 0 aliphatic rings. The van der Waals surface area contributed by atoms with Gasteiger partial charge in [0.15, 0.2) is 17.1 Å². The molecule has 0 aliphatic heterocycles. The Morgan fingerprint density at radius 2 is 1.85 bits per heavy atom. The molecule has 0 N–H and O–H groups in total. The van der Waals surface area contributed by atoms with Crippen molar-refractivity contribution in [3.8, 4) is 5.75 Å². The van der Waals surface area contributed by atoms with Gasteiger partial charge in [-0.05, 0) is 62.6 Å². The second kappa shape index (κ2) is 8.57. The summed E-state index contributed by atoms with van der Waals surface area (Å²) < 4.78 is 21.3. The minimum Gasteiger partial charge on any atom is -0.482 e. The Labute approximate surface area is 163 Å². The summed E-state index contributed by atoms with van der Waals surface area (Å²) >= 11 is 1.59. The fraction of sp³-hybridized carbons (Fsp3) is 0.333. The third-order valence-electron chi connectivity index (χ3n) is 4.57. The minimum absolute atomic E-state index is 0.210. The van der Waals surface area contributed by atoms with Crippen LogP contribution in [0.1, 0.15) is 42.5 Å². The van der Waals surface area contributed by atoms with Crippen LogP contribution in [0.5, 0.6) is 5.75 Å². The average molecular weight is 386 g/mol. The van der Waals surface area contributed by atoms with Crippen LogP contribution in [-0.2, 0) is 12.3 Å². The van der Waals surface area contributed by atoms with Crippen molar-refractivity contribution in [3.63, 3.8) is 0 Å². The Morgan fingerprint density at radius 1 is 1.11 bits per heavy atom. The molecular formula is C21H24FN3OS. The molecule has 0 fully saturated rings.